The van der Waals surface area contributed by atoms with E-state index in [1.54, 1.807) is 42.3 Å². The summed E-state index contributed by atoms with van der Waals surface area (Å²) in [4.78, 5) is 26.9. The van der Waals surface area contributed by atoms with E-state index in [1.807, 2.05) is 13.8 Å². The van der Waals surface area contributed by atoms with E-state index in [-0.39, 0.29) is 11.9 Å². The first-order valence-corrected chi connectivity index (χ1v) is 9.66. The lowest BCUT2D eigenvalue weighted by atomic mass is 10.1. The second kappa shape index (κ2) is 9.30. The number of carbonyl (C=O) groups is 2. The maximum atomic E-state index is 12.7. The highest BCUT2D eigenvalue weighted by Crippen LogP contribution is 2.36. The Balaban J connectivity index is 2.34. The Morgan fingerprint density at radius 3 is 2.14 bits per heavy atom. The van der Waals surface area contributed by atoms with Crippen molar-refractivity contribution in [2.75, 3.05) is 26.6 Å². The summed E-state index contributed by atoms with van der Waals surface area (Å²) in [7, 11) is 4.72. The van der Waals surface area contributed by atoms with Gasteiger partial charge in [0.25, 0.3) is 11.8 Å². The van der Waals surface area contributed by atoms with Crippen LogP contribution in [0.5, 0.6) is 11.5 Å². The summed E-state index contributed by atoms with van der Waals surface area (Å²) in [5.74, 6) is 0.345. The average molecular weight is 470 g/mol. The molecule has 0 bridgehead atoms. The highest BCUT2D eigenvalue weighted by atomic mass is 79.9. The second-order valence-corrected chi connectivity index (χ2v) is 7.55. The average Bonchev–Trinajstić information content (AvgIpc) is 2.68. The standard InChI is InChI=1S/C20H22BrClN2O4/c1-11(2)24(3)20(26)12-6-7-14(22)15(8-12)23-19(25)13-9-16(27-4)18(21)17(10-13)28-5/h6-11H,1-5H3,(H,23,25). The molecule has 2 aromatic carbocycles. The van der Waals surface area contributed by atoms with Crippen molar-refractivity contribution in [3.05, 3.63) is 51.0 Å². The van der Waals surface area contributed by atoms with Crippen LogP contribution in [0.1, 0.15) is 34.6 Å². The van der Waals surface area contributed by atoms with Gasteiger partial charge < -0.3 is 19.7 Å². The van der Waals surface area contributed by atoms with Crippen molar-refractivity contribution < 1.29 is 19.1 Å². The van der Waals surface area contributed by atoms with Crippen LogP contribution in [0.2, 0.25) is 5.02 Å². The number of nitrogens with one attached hydrogen (secondary N) is 1. The molecule has 150 valence electrons. The lowest BCUT2D eigenvalue weighted by Crippen LogP contribution is -2.33. The first-order valence-electron chi connectivity index (χ1n) is 8.49. The van der Waals surface area contributed by atoms with Crippen LogP contribution in [-0.4, -0.2) is 44.0 Å². The molecule has 0 aromatic heterocycles. The van der Waals surface area contributed by atoms with E-state index in [2.05, 4.69) is 21.2 Å². The molecule has 0 aliphatic heterocycles. The first kappa shape index (κ1) is 22.0. The molecule has 0 spiro atoms. The molecule has 28 heavy (non-hydrogen) atoms. The molecule has 0 aliphatic carbocycles. The summed E-state index contributed by atoms with van der Waals surface area (Å²) in [5, 5.41) is 3.07. The molecule has 2 aromatic rings. The largest absolute Gasteiger partial charge is 0.495 e. The zero-order valence-corrected chi connectivity index (χ0v) is 18.6. The summed E-state index contributed by atoms with van der Waals surface area (Å²) >= 11 is 9.59. The van der Waals surface area contributed by atoms with Gasteiger partial charge >= 0.3 is 0 Å². The fraction of sp³-hybridized carbons (Fsp3) is 0.300. The van der Waals surface area contributed by atoms with Crippen LogP contribution in [0, 0.1) is 0 Å². The zero-order chi connectivity index (χ0) is 21.0. The van der Waals surface area contributed by atoms with E-state index in [0.717, 1.165) is 0 Å². The summed E-state index contributed by atoms with van der Waals surface area (Å²) in [5.41, 5.74) is 1.10. The van der Waals surface area contributed by atoms with Crippen molar-refractivity contribution in [1.29, 1.82) is 0 Å². The van der Waals surface area contributed by atoms with Gasteiger partial charge in [0.05, 0.1) is 24.9 Å². The van der Waals surface area contributed by atoms with Gasteiger partial charge in [0.2, 0.25) is 0 Å². The molecule has 6 nitrogen and oxygen atoms in total. The van der Waals surface area contributed by atoms with Gasteiger partial charge in [-0.25, -0.2) is 0 Å². The van der Waals surface area contributed by atoms with Crippen molar-refractivity contribution >= 4 is 45.0 Å². The molecule has 0 radical (unpaired) electrons. The van der Waals surface area contributed by atoms with Gasteiger partial charge in [-0.3, -0.25) is 9.59 Å². The van der Waals surface area contributed by atoms with E-state index in [0.29, 0.717) is 37.8 Å². The molecule has 0 saturated carbocycles. The van der Waals surface area contributed by atoms with Gasteiger partial charge in [-0.2, -0.15) is 0 Å². The molecular formula is C20H22BrClN2O4. The number of hydrogen-bond acceptors (Lipinski definition) is 4. The van der Waals surface area contributed by atoms with Gasteiger partial charge in [-0.05, 0) is 60.1 Å². The van der Waals surface area contributed by atoms with Gasteiger partial charge in [-0.15, -0.1) is 0 Å². The molecule has 1 N–H and O–H groups in total. The van der Waals surface area contributed by atoms with Crippen LogP contribution < -0.4 is 14.8 Å². The molecule has 0 unspecified atom stereocenters. The fourth-order valence-corrected chi connectivity index (χ4v) is 3.10. The summed E-state index contributed by atoms with van der Waals surface area (Å²) in [6.07, 6.45) is 0. The summed E-state index contributed by atoms with van der Waals surface area (Å²) in [6, 6.07) is 7.99. The Bertz CT molecular complexity index is 877. The van der Waals surface area contributed by atoms with Crippen molar-refractivity contribution in [3.63, 3.8) is 0 Å². The quantitative estimate of drug-likeness (QED) is 0.656. The lowest BCUT2D eigenvalue weighted by Gasteiger charge is -2.22. The van der Waals surface area contributed by atoms with E-state index >= 15 is 0 Å². The zero-order valence-electron chi connectivity index (χ0n) is 16.3. The molecule has 0 saturated heterocycles. The number of amides is 2. The van der Waals surface area contributed by atoms with Crippen LogP contribution in [0.15, 0.2) is 34.8 Å². The van der Waals surface area contributed by atoms with Crippen molar-refractivity contribution in [3.8, 4) is 11.5 Å². The van der Waals surface area contributed by atoms with Crippen LogP contribution in [0.3, 0.4) is 0 Å². The molecule has 0 atom stereocenters. The number of rotatable bonds is 6. The molecule has 2 rings (SSSR count). The molecule has 0 fully saturated rings. The Morgan fingerprint density at radius 1 is 1.07 bits per heavy atom. The minimum atomic E-state index is -0.409. The summed E-state index contributed by atoms with van der Waals surface area (Å²) in [6.45, 7) is 3.84. The van der Waals surface area contributed by atoms with Gasteiger partial charge in [0, 0.05) is 24.2 Å². The maximum Gasteiger partial charge on any atom is 0.255 e. The Labute approximate surface area is 177 Å². The second-order valence-electron chi connectivity index (χ2n) is 6.35. The number of hydrogen-bond donors (Lipinski definition) is 1. The normalized spacial score (nSPS) is 10.6. The number of carbonyl (C=O) groups excluding carboxylic acids is 2. The molecular weight excluding hydrogens is 448 g/mol. The third-order valence-corrected chi connectivity index (χ3v) is 5.38. The highest BCUT2D eigenvalue weighted by molar-refractivity contribution is 9.10. The number of ether oxygens (including phenoxy) is 2. The lowest BCUT2D eigenvalue weighted by molar-refractivity contribution is 0.0754. The number of benzene rings is 2. The van der Waals surface area contributed by atoms with Crippen molar-refractivity contribution in [1.82, 2.24) is 4.90 Å². The number of halogens is 2. The minimum Gasteiger partial charge on any atom is -0.495 e. The monoisotopic (exact) mass is 468 g/mol. The number of anilines is 1. The van der Waals surface area contributed by atoms with Crippen LogP contribution >= 0.6 is 27.5 Å². The topological polar surface area (TPSA) is 67.9 Å². The SMILES string of the molecule is COc1cc(C(=O)Nc2cc(C(=O)N(C)C(C)C)ccc2Cl)cc(OC)c1Br. The van der Waals surface area contributed by atoms with Crippen LogP contribution in [0.4, 0.5) is 5.69 Å². The van der Waals surface area contributed by atoms with Gasteiger partial charge in [0.1, 0.15) is 16.0 Å². The Hall–Kier alpha value is -2.25. The summed E-state index contributed by atoms with van der Waals surface area (Å²) < 4.78 is 11.1. The Morgan fingerprint density at radius 2 is 1.64 bits per heavy atom. The van der Waals surface area contributed by atoms with E-state index < -0.39 is 5.91 Å². The minimum absolute atomic E-state index is 0.0453. The predicted molar refractivity (Wildman–Crippen MR) is 114 cm³/mol. The molecule has 0 heterocycles. The van der Waals surface area contributed by atoms with E-state index in [9.17, 15) is 9.59 Å². The van der Waals surface area contributed by atoms with Crippen molar-refractivity contribution in [2.24, 2.45) is 0 Å². The van der Waals surface area contributed by atoms with Crippen molar-refractivity contribution in [2.45, 2.75) is 19.9 Å². The Kier molecular flexibility index (Phi) is 7.32. The smallest absolute Gasteiger partial charge is 0.255 e. The number of nitrogens with zero attached hydrogens (tertiary/aromatic N) is 1. The molecule has 8 heteroatoms. The predicted octanol–water partition coefficient (Wildman–Crippen LogP) is 4.85. The third-order valence-electron chi connectivity index (χ3n) is 4.26. The molecule has 0 aliphatic rings. The van der Waals surface area contributed by atoms with Gasteiger partial charge in [0.15, 0.2) is 0 Å². The van der Waals surface area contributed by atoms with Crippen LogP contribution in [-0.2, 0) is 0 Å². The fourth-order valence-electron chi connectivity index (χ4n) is 2.39. The highest BCUT2D eigenvalue weighted by Gasteiger charge is 2.18. The van der Waals surface area contributed by atoms with Gasteiger partial charge in [-0.1, -0.05) is 11.6 Å². The number of methoxy groups -OCH3 is 2. The third kappa shape index (κ3) is 4.77. The maximum absolute atomic E-state index is 12.7. The van der Waals surface area contributed by atoms with Crippen LogP contribution in [0.25, 0.3) is 0 Å². The van der Waals surface area contributed by atoms with E-state index in [1.165, 1.54) is 14.2 Å². The van der Waals surface area contributed by atoms with E-state index in [4.69, 9.17) is 21.1 Å². The first-order chi connectivity index (χ1) is 13.2. The molecule has 2 amide bonds.